The lowest BCUT2D eigenvalue weighted by molar-refractivity contribution is -0.116. The number of anilines is 1. The Morgan fingerprint density at radius 2 is 2.18 bits per heavy atom. The quantitative estimate of drug-likeness (QED) is 0.802. The van der Waals surface area contributed by atoms with Gasteiger partial charge in [0.15, 0.2) is 0 Å². The van der Waals surface area contributed by atoms with Gasteiger partial charge in [-0.15, -0.1) is 11.6 Å². The van der Waals surface area contributed by atoms with Gasteiger partial charge in [0.05, 0.1) is 0 Å². The Morgan fingerprint density at radius 3 is 2.88 bits per heavy atom. The van der Waals surface area contributed by atoms with Gasteiger partial charge in [-0.2, -0.15) is 0 Å². The molecule has 0 spiro atoms. The monoisotopic (exact) mass is 251 g/mol. The SMILES string of the molecule is CC1(C)CCC(=O)Nc2ccc(CCCl)cc21. The second kappa shape index (κ2) is 4.69. The summed E-state index contributed by atoms with van der Waals surface area (Å²) >= 11 is 5.78. The average molecular weight is 252 g/mol. The van der Waals surface area contributed by atoms with Crippen LogP contribution >= 0.6 is 11.6 Å². The van der Waals surface area contributed by atoms with Gasteiger partial charge in [0.1, 0.15) is 0 Å². The first-order valence-corrected chi connectivity index (χ1v) is 6.55. The maximum absolute atomic E-state index is 11.6. The summed E-state index contributed by atoms with van der Waals surface area (Å²) in [5.74, 6) is 0.743. The first-order valence-electron chi connectivity index (χ1n) is 6.02. The first-order chi connectivity index (χ1) is 8.03. The van der Waals surface area contributed by atoms with Crippen LogP contribution in [0.3, 0.4) is 0 Å². The summed E-state index contributed by atoms with van der Waals surface area (Å²) in [4.78, 5) is 11.6. The van der Waals surface area contributed by atoms with E-state index < -0.39 is 0 Å². The zero-order valence-electron chi connectivity index (χ0n) is 10.3. The number of fused-ring (bicyclic) bond motifs is 1. The van der Waals surface area contributed by atoms with Crippen LogP contribution in [-0.4, -0.2) is 11.8 Å². The maximum Gasteiger partial charge on any atom is 0.224 e. The predicted molar refractivity (Wildman–Crippen MR) is 71.8 cm³/mol. The van der Waals surface area contributed by atoms with Crippen LogP contribution in [0.25, 0.3) is 0 Å². The van der Waals surface area contributed by atoms with Crippen LogP contribution < -0.4 is 5.32 Å². The number of benzene rings is 1. The Labute approximate surface area is 107 Å². The van der Waals surface area contributed by atoms with Gasteiger partial charge in [0.25, 0.3) is 0 Å². The molecule has 1 aliphatic heterocycles. The molecule has 1 heterocycles. The van der Waals surface area contributed by atoms with Crippen molar-refractivity contribution < 1.29 is 4.79 Å². The topological polar surface area (TPSA) is 29.1 Å². The van der Waals surface area contributed by atoms with Crippen LogP contribution in [0.1, 0.15) is 37.8 Å². The molecular formula is C14H18ClNO. The van der Waals surface area contributed by atoms with Crippen LogP contribution in [0.2, 0.25) is 0 Å². The van der Waals surface area contributed by atoms with Gasteiger partial charge in [-0.25, -0.2) is 0 Å². The molecule has 0 saturated heterocycles. The lowest BCUT2D eigenvalue weighted by Gasteiger charge is -2.25. The fourth-order valence-electron chi connectivity index (χ4n) is 2.30. The van der Waals surface area contributed by atoms with Crippen LogP contribution in [0.5, 0.6) is 0 Å². The van der Waals surface area contributed by atoms with E-state index in [1.165, 1.54) is 11.1 Å². The third-order valence-electron chi connectivity index (χ3n) is 3.45. The third-order valence-corrected chi connectivity index (χ3v) is 3.64. The van der Waals surface area contributed by atoms with Crippen LogP contribution in [-0.2, 0) is 16.6 Å². The molecule has 1 aromatic rings. The van der Waals surface area contributed by atoms with E-state index >= 15 is 0 Å². The van der Waals surface area contributed by atoms with Crippen LogP contribution in [0, 0.1) is 0 Å². The average Bonchev–Trinajstić information content (AvgIpc) is 2.39. The molecule has 0 bridgehead atoms. The molecule has 0 aliphatic carbocycles. The highest BCUT2D eigenvalue weighted by molar-refractivity contribution is 6.18. The van der Waals surface area contributed by atoms with Crippen molar-refractivity contribution in [3.8, 4) is 0 Å². The number of rotatable bonds is 2. The van der Waals surface area contributed by atoms with Crippen molar-refractivity contribution in [3.05, 3.63) is 29.3 Å². The molecule has 0 saturated carbocycles. The van der Waals surface area contributed by atoms with Crippen molar-refractivity contribution in [2.45, 2.75) is 38.5 Å². The number of alkyl halides is 1. The van der Waals surface area contributed by atoms with E-state index in [1.54, 1.807) is 0 Å². The number of carbonyl (C=O) groups is 1. The van der Waals surface area contributed by atoms with Gasteiger partial charge < -0.3 is 5.32 Å². The van der Waals surface area contributed by atoms with E-state index in [0.29, 0.717) is 12.3 Å². The number of nitrogens with one attached hydrogen (secondary N) is 1. The number of carbonyl (C=O) groups excluding carboxylic acids is 1. The minimum absolute atomic E-state index is 0.0385. The highest BCUT2D eigenvalue weighted by atomic mass is 35.5. The van der Waals surface area contributed by atoms with E-state index in [2.05, 4.69) is 25.2 Å². The van der Waals surface area contributed by atoms with Gasteiger partial charge in [-0.1, -0.05) is 26.0 Å². The predicted octanol–water partition coefficient (Wildman–Crippen LogP) is 3.48. The van der Waals surface area contributed by atoms with E-state index in [1.807, 2.05) is 12.1 Å². The van der Waals surface area contributed by atoms with E-state index in [9.17, 15) is 4.79 Å². The van der Waals surface area contributed by atoms with Crippen molar-refractivity contribution in [3.63, 3.8) is 0 Å². The molecule has 2 nitrogen and oxygen atoms in total. The van der Waals surface area contributed by atoms with Crippen LogP contribution in [0.4, 0.5) is 5.69 Å². The number of aryl methyl sites for hydroxylation is 1. The Balaban J connectivity index is 2.45. The highest BCUT2D eigenvalue weighted by Gasteiger charge is 2.28. The standard InChI is InChI=1S/C14H18ClNO/c1-14(2)7-5-13(17)16-12-4-3-10(6-8-15)9-11(12)14/h3-4,9H,5-8H2,1-2H3,(H,16,17). The molecule has 0 fully saturated rings. The molecule has 2 rings (SSSR count). The number of amides is 1. The maximum atomic E-state index is 11.6. The summed E-state index contributed by atoms with van der Waals surface area (Å²) in [6.45, 7) is 4.38. The van der Waals surface area contributed by atoms with Crippen LogP contribution in [0.15, 0.2) is 18.2 Å². The minimum atomic E-state index is 0.0385. The Bertz CT molecular complexity index is 440. The second-order valence-corrected chi connectivity index (χ2v) is 5.63. The van der Waals surface area contributed by atoms with Gasteiger partial charge in [0.2, 0.25) is 5.91 Å². The molecule has 17 heavy (non-hydrogen) atoms. The van der Waals surface area contributed by atoms with E-state index in [4.69, 9.17) is 11.6 Å². The number of hydrogen-bond donors (Lipinski definition) is 1. The molecule has 0 radical (unpaired) electrons. The van der Waals surface area contributed by atoms with Gasteiger partial charge in [-0.05, 0) is 35.4 Å². The highest BCUT2D eigenvalue weighted by Crippen LogP contribution is 2.37. The zero-order valence-corrected chi connectivity index (χ0v) is 11.1. The Hall–Kier alpha value is -1.02. The van der Waals surface area contributed by atoms with Gasteiger partial charge in [0, 0.05) is 18.0 Å². The smallest absolute Gasteiger partial charge is 0.224 e. The molecule has 0 aromatic heterocycles. The normalized spacial score (nSPS) is 18.2. The lowest BCUT2D eigenvalue weighted by atomic mass is 9.80. The second-order valence-electron chi connectivity index (χ2n) is 5.25. The van der Waals surface area contributed by atoms with Crippen molar-refractivity contribution in [2.75, 3.05) is 11.2 Å². The molecule has 1 aromatic carbocycles. The molecule has 3 heteroatoms. The summed E-state index contributed by atoms with van der Waals surface area (Å²) in [5, 5.41) is 2.98. The van der Waals surface area contributed by atoms with Gasteiger partial charge >= 0.3 is 0 Å². The molecule has 92 valence electrons. The number of halogens is 1. The molecule has 1 aliphatic rings. The molecule has 1 N–H and O–H groups in total. The van der Waals surface area contributed by atoms with Gasteiger partial charge in [-0.3, -0.25) is 4.79 Å². The summed E-state index contributed by atoms with van der Waals surface area (Å²) in [6.07, 6.45) is 2.35. The minimum Gasteiger partial charge on any atom is -0.326 e. The van der Waals surface area contributed by atoms with Crippen molar-refractivity contribution in [1.29, 1.82) is 0 Å². The van der Waals surface area contributed by atoms with Crippen molar-refractivity contribution in [2.24, 2.45) is 0 Å². The summed E-state index contributed by atoms with van der Waals surface area (Å²) in [5.41, 5.74) is 3.46. The Morgan fingerprint density at radius 1 is 1.41 bits per heavy atom. The summed E-state index contributed by atoms with van der Waals surface area (Å²) in [7, 11) is 0. The first kappa shape index (κ1) is 12.4. The largest absolute Gasteiger partial charge is 0.326 e. The molecule has 1 amide bonds. The van der Waals surface area contributed by atoms with E-state index in [-0.39, 0.29) is 11.3 Å². The Kier molecular flexibility index (Phi) is 3.43. The van der Waals surface area contributed by atoms with Crippen molar-refractivity contribution in [1.82, 2.24) is 0 Å². The third kappa shape index (κ3) is 2.63. The zero-order chi connectivity index (χ0) is 12.5. The number of hydrogen-bond acceptors (Lipinski definition) is 1. The van der Waals surface area contributed by atoms with Crippen molar-refractivity contribution >= 4 is 23.2 Å². The van der Waals surface area contributed by atoms with E-state index in [0.717, 1.165) is 18.5 Å². The lowest BCUT2D eigenvalue weighted by Crippen LogP contribution is -2.16. The molecule has 0 atom stereocenters. The summed E-state index contributed by atoms with van der Waals surface area (Å²) in [6, 6.07) is 6.23. The molecular weight excluding hydrogens is 234 g/mol. The fraction of sp³-hybridized carbons (Fsp3) is 0.500. The summed E-state index contributed by atoms with van der Waals surface area (Å²) < 4.78 is 0. The fourth-order valence-corrected chi connectivity index (χ4v) is 2.52. The molecule has 0 unspecified atom stereocenters.